The summed E-state index contributed by atoms with van der Waals surface area (Å²) < 4.78 is 0. The van der Waals surface area contributed by atoms with Crippen LogP contribution in [0.15, 0.2) is 16.8 Å². The maximum absolute atomic E-state index is 11.8. The molecule has 1 amide bonds. The van der Waals surface area contributed by atoms with Crippen molar-refractivity contribution in [1.29, 1.82) is 0 Å². The lowest BCUT2D eigenvalue weighted by Crippen LogP contribution is -2.53. The van der Waals surface area contributed by atoms with Crippen LogP contribution in [-0.2, 0) is 4.79 Å². The summed E-state index contributed by atoms with van der Waals surface area (Å²) in [5, 5.41) is 19.4. The van der Waals surface area contributed by atoms with Crippen molar-refractivity contribution in [2.75, 3.05) is 13.1 Å². The van der Waals surface area contributed by atoms with Gasteiger partial charge in [-0.15, -0.1) is 0 Å². The predicted molar refractivity (Wildman–Crippen MR) is 70.0 cm³/mol. The van der Waals surface area contributed by atoms with Gasteiger partial charge in [0.05, 0.1) is 11.6 Å². The Labute approximate surface area is 106 Å². The van der Waals surface area contributed by atoms with Gasteiger partial charge in [-0.2, -0.15) is 11.3 Å². The van der Waals surface area contributed by atoms with Gasteiger partial charge in [0.2, 0.25) is 5.91 Å². The second kappa shape index (κ2) is 6.14. The van der Waals surface area contributed by atoms with Crippen molar-refractivity contribution < 1.29 is 9.90 Å². The molecule has 1 aromatic rings. The van der Waals surface area contributed by atoms with E-state index in [-0.39, 0.29) is 12.5 Å². The molecular weight excluding hydrogens is 236 g/mol. The average molecular weight is 256 g/mol. The standard InChI is InChI=1S/C12H20N2O2S/c1-4-14-12(2,3)11(16)13-7-10(15)9-5-6-17-8-9/h5-6,8,10,14-15H,4,7H2,1-3H3,(H,13,16). The zero-order chi connectivity index (χ0) is 12.9. The minimum Gasteiger partial charge on any atom is -0.387 e. The number of thiophene rings is 1. The number of aliphatic hydroxyl groups excluding tert-OH is 1. The van der Waals surface area contributed by atoms with Gasteiger partial charge in [-0.25, -0.2) is 0 Å². The van der Waals surface area contributed by atoms with Crippen molar-refractivity contribution in [3.8, 4) is 0 Å². The summed E-state index contributed by atoms with van der Waals surface area (Å²) in [6.07, 6.45) is -0.636. The van der Waals surface area contributed by atoms with Crippen LogP contribution in [0.3, 0.4) is 0 Å². The van der Waals surface area contributed by atoms with Gasteiger partial charge in [-0.05, 0) is 42.8 Å². The Morgan fingerprint density at radius 3 is 2.82 bits per heavy atom. The number of carbonyl (C=O) groups excluding carboxylic acids is 1. The minimum atomic E-state index is -0.636. The highest BCUT2D eigenvalue weighted by atomic mass is 32.1. The number of rotatable bonds is 6. The SMILES string of the molecule is CCNC(C)(C)C(=O)NCC(O)c1ccsc1. The summed E-state index contributed by atoms with van der Waals surface area (Å²) in [5.41, 5.74) is 0.236. The van der Waals surface area contributed by atoms with Crippen molar-refractivity contribution in [3.63, 3.8) is 0 Å². The van der Waals surface area contributed by atoms with E-state index in [0.29, 0.717) is 0 Å². The Hall–Kier alpha value is -0.910. The molecule has 0 spiro atoms. The van der Waals surface area contributed by atoms with Gasteiger partial charge in [0.1, 0.15) is 0 Å². The molecule has 1 rings (SSSR count). The van der Waals surface area contributed by atoms with E-state index < -0.39 is 11.6 Å². The maximum Gasteiger partial charge on any atom is 0.239 e. The van der Waals surface area contributed by atoms with Gasteiger partial charge < -0.3 is 15.7 Å². The molecule has 0 bridgehead atoms. The third-order valence-electron chi connectivity index (χ3n) is 2.57. The molecule has 17 heavy (non-hydrogen) atoms. The second-order valence-corrected chi connectivity index (χ2v) is 5.22. The number of hydrogen-bond donors (Lipinski definition) is 3. The normalized spacial score (nSPS) is 13.4. The van der Waals surface area contributed by atoms with Crippen LogP contribution < -0.4 is 10.6 Å². The van der Waals surface area contributed by atoms with Gasteiger partial charge in [0, 0.05) is 6.54 Å². The molecule has 0 saturated carbocycles. The molecule has 0 radical (unpaired) electrons. The summed E-state index contributed by atoms with van der Waals surface area (Å²) in [6, 6.07) is 1.86. The van der Waals surface area contributed by atoms with Crippen LogP contribution in [0.4, 0.5) is 0 Å². The number of hydrogen-bond acceptors (Lipinski definition) is 4. The molecule has 3 N–H and O–H groups in total. The summed E-state index contributed by atoms with van der Waals surface area (Å²) in [4.78, 5) is 11.8. The number of amides is 1. The van der Waals surface area contributed by atoms with Crippen molar-refractivity contribution >= 4 is 17.2 Å². The minimum absolute atomic E-state index is 0.103. The van der Waals surface area contributed by atoms with Crippen molar-refractivity contribution in [1.82, 2.24) is 10.6 Å². The van der Waals surface area contributed by atoms with Crippen molar-refractivity contribution in [3.05, 3.63) is 22.4 Å². The third kappa shape index (κ3) is 4.11. The molecule has 0 aromatic carbocycles. The van der Waals surface area contributed by atoms with E-state index in [1.165, 1.54) is 11.3 Å². The van der Waals surface area contributed by atoms with E-state index in [0.717, 1.165) is 12.1 Å². The fourth-order valence-electron chi connectivity index (χ4n) is 1.52. The molecule has 0 fully saturated rings. The second-order valence-electron chi connectivity index (χ2n) is 4.44. The molecule has 0 saturated heterocycles. The highest BCUT2D eigenvalue weighted by Gasteiger charge is 2.26. The van der Waals surface area contributed by atoms with Gasteiger partial charge in [0.15, 0.2) is 0 Å². The largest absolute Gasteiger partial charge is 0.387 e. The Morgan fingerprint density at radius 2 is 2.29 bits per heavy atom. The summed E-state index contributed by atoms with van der Waals surface area (Å²) >= 11 is 1.53. The highest BCUT2D eigenvalue weighted by molar-refractivity contribution is 7.07. The molecule has 1 atom stereocenters. The van der Waals surface area contributed by atoms with Gasteiger partial charge in [-0.1, -0.05) is 6.92 Å². The first kappa shape index (κ1) is 14.2. The lowest BCUT2D eigenvalue weighted by molar-refractivity contribution is -0.126. The quantitative estimate of drug-likeness (QED) is 0.718. The monoisotopic (exact) mass is 256 g/mol. The zero-order valence-corrected chi connectivity index (χ0v) is 11.3. The van der Waals surface area contributed by atoms with Crippen LogP contribution in [0.1, 0.15) is 32.4 Å². The van der Waals surface area contributed by atoms with E-state index in [2.05, 4.69) is 10.6 Å². The Morgan fingerprint density at radius 1 is 1.59 bits per heavy atom. The summed E-state index contributed by atoms with van der Waals surface area (Å²) in [5.74, 6) is -0.103. The molecule has 0 aliphatic carbocycles. The zero-order valence-electron chi connectivity index (χ0n) is 10.5. The Balaban J connectivity index is 2.43. The first-order valence-electron chi connectivity index (χ1n) is 5.71. The number of carbonyl (C=O) groups is 1. The molecule has 1 heterocycles. The van der Waals surface area contributed by atoms with E-state index in [1.807, 2.05) is 37.6 Å². The summed E-state index contributed by atoms with van der Waals surface area (Å²) in [6.45, 7) is 6.57. The lowest BCUT2D eigenvalue weighted by atomic mass is 10.0. The van der Waals surface area contributed by atoms with Gasteiger partial charge >= 0.3 is 0 Å². The Kier molecular flexibility index (Phi) is 5.11. The lowest BCUT2D eigenvalue weighted by Gasteiger charge is -2.25. The van der Waals surface area contributed by atoms with Crippen molar-refractivity contribution in [2.24, 2.45) is 0 Å². The molecule has 0 aliphatic heterocycles. The van der Waals surface area contributed by atoms with Gasteiger partial charge in [-0.3, -0.25) is 4.79 Å². The molecule has 5 heteroatoms. The van der Waals surface area contributed by atoms with Gasteiger partial charge in [0.25, 0.3) is 0 Å². The molecule has 4 nitrogen and oxygen atoms in total. The van der Waals surface area contributed by atoms with E-state index in [4.69, 9.17) is 0 Å². The predicted octanol–water partition coefficient (Wildman–Crippen LogP) is 1.29. The fraction of sp³-hybridized carbons (Fsp3) is 0.583. The van der Waals surface area contributed by atoms with E-state index in [9.17, 15) is 9.90 Å². The van der Waals surface area contributed by atoms with Crippen LogP contribution in [0.25, 0.3) is 0 Å². The van der Waals surface area contributed by atoms with Crippen LogP contribution in [-0.4, -0.2) is 29.6 Å². The first-order valence-corrected chi connectivity index (χ1v) is 6.65. The third-order valence-corrected chi connectivity index (χ3v) is 3.27. The number of aliphatic hydroxyl groups is 1. The van der Waals surface area contributed by atoms with Crippen LogP contribution >= 0.6 is 11.3 Å². The molecule has 0 aliphatic rings. The van der Waals surface area contributed by atoms with Crippen LogP contribution in [0.2, 0.25) is 0 Å². The molecule has 96 valence electrons. The van der Waals surface area contributed by atoms with E-state index in [1.54, 1.807) is 0 Å². The molecular formula is C12H20N2O2S. The topological polar surface area (TPSA) is 61.4 Å². The first-order chi connectivity index (χ1) is 7.97. The van der Waals surface area contributed by atoms with Crippen LogP contribution in [0.5, 0.6) is 0 Å². The average Bonchev–Trinajstić information content (AvgIpc) is 2.78. The fourth-order valence-corrected chi connectivity index (χ4v) is 2.22. The maximum atomic E-state index is 11.8. The van der Waals surface area contributed by atoms with Crippen molar-refractivity contribution in [2.45, 2.75) is 32.4 Å². The number of nitrogens with one attached hydrogen (secondary N) is 2. The molecule has 1 aromatic heterocycles. The molecule has 1 unspecified atom stereocenters. The highest BCUT2D eigenvalue weighted by Crippen LogP contribution is 2.15. The smallest absolute Gasteiger partial charge is 0.239 e. The summed E-state index contributed by atoms with van der Waals surface area (Å²) in [7, 11) is 0. The Bertz CT molecular complexity index is 349. The number of likely N-dealkylation sites (N-methyl/N-ethyl adjacent to an activating group) is 1. The van der Waals surface area contributed by atoms with E-state index >= 15 is 0 Å². The van der Waals surface area contributed by atoms with Crippen LogP contribution in [0, 0.1) is 0 Å².